The van der Waals surface area contributed by atoms with Crippen LogP contribution in [-0.2, 0) is 57.5 Å². The van der Waals surface area contributed by atoms with Gasteiger partial charge in [-0.25, -0.2) is 0 Å². The summed E-state index contributed by atoms with van der Waals surface area (Å²) >= 11 is 0. The van der Waals surface area contributed by atoms with Gasteiger partial charge >= 0.3 is 0 Å². The minimum absolute atomic E-state index is 0.209. The fraction of sp³-hybridized carbons (Fsp3) is 0.667. The molecule has 0 bridgehead atoms. The molecule has 24 heteroatoms. The number of hydrogen-bond donors (Lipinski definition) is 10. The van der Waals surface area contributed by atoms with Gasteiger partial charge in [-0.05, 0) is 44.9 Å². The zero-order valence-electron chi connectivity index (χ0n) is 33.3. The van der Waals surface area contributed by atoms with Crippen LogP contribution < -0.4 is 53.2 Å². The molecule has 0 aromatic carbocycles. The van der Waals surface area contributed by atoms with Crippen LogP contribution in [0.25, 0.3) is 0 Å². The molecule has 2 unspecified atom stereocenters. The van der Waals surface area contributed by atoms with Gasteiger partial charge < -0.3 is 63.0 Å². The summed E-state index contributed by atoms with van der Waals surface area (Å²) in [5, 5.41) is 23.8. The van der Waals surface area contributed by atoms with E-state index >= 15 is 0 Å². The Kier molecular flexibility index (Phi) is 17.5. The summed E-state index contributed by atoms with van der Waals surface area (Å²) in [4.78, 5) is 156. The van der Waals surface area contributed by atoms with Crippen molar-refractivity contribution >= 4 is 70.9 Å². The molecular weight excluding hydrogens is 792 g/mol. The Labute approximate surface area is 344 Å². The Morgan fingerprint density at radius 3 is 1.43 bits per heavy atom. The van der Waals surface area contributed by atoms with E-state index in [1.807, 2.05) is 0 Å². The van der Waals surface area contributed by atoms with Crippen LogP contribution in [0, 0.1) is 0 Å². The summed E-state index contributed by atoms with van der Waals surface area (Å²) < 4.78 is 0. The number of carbonyl (C=O) groups is 12. The van der Waals surface area contributed by atoms with Crippen LogP contribution in [0.1, 0.15) is 64.2 Å². The van der Waals surface area contributed by atoms with Gasteiger partial charge in [0.25, 0.3) is 0 Å². The first kappa shape index (κ1) is 46.3. The summed E-state index contributed by atoms with van der Waals surface area (Å²) in [6.07, 6.45) is 4.25. The van der Waals surface area contributed by atoms with E-state index < -0.39 is 147 Å². The Morgan fingerprint density at radius 1 is 0.483 bits per heavy atom. The minimum Gasteiger partial charge on any atom is -0.347 e. The highest BCUT2D eigenvalue weighted by molar-refractivity contribution is 5.98. The fourth-order valence-corrected chi connectivity index (χ4v) is 7.14. The van der Waals surface area contributed by atoms with Gasteiger partial charge in [-0.1, -0.05) is 12.8 Å². The highest BCUT2D eigenvalue weighted by Crippen LogP contribution is 2.31. The van der Waals surface area contributed by atoms with Gasteiger partial charge in [-0.15, -0.1) is 0 Å². The average molecular weight is 847 g/mol. The monoisotopic (exact) mass is 846 g/mol. The molecule has 4 aliphatic rings. The molecule has 330 valence electrons. The standard InChI is InChI=1S/C36H54N12O12/c49-24-13-22(34(59)47-10-4-1-5-11-47)45-31(56)20-44-35(60)36(8-2-3-9-36)46-33(58)23-7-6-12-48(23)32(57)21-43-30(55)19-42-29(54)18-41-28(53)17-40-27(52)16-39-26(51)15-38-25(50)14-37-24/h22-23H,1-21H2,(H,37,49)(H,38,50)(H,39,51)(H,40,52)(H,41,53)(H,42,54)(H,43,55)(H,44,60)(H,45,56)(H,46,58). The van der Waals surface area contributed by atoms with Gasteiger partial charge in [0.2, 0.25) is 70.9 Å². The van der Waals surface area contributed by atoms with Crippen molar-refractivity contribution in [3.8, 4) is 0 Å². The van der Waals surface area contributed by atoms with Gasteiger partial charge in [0.1, 0.15) is 17.6 Å². The Balaban J connectivity index is 1.43. The molecule has 1 saturated carbocycles. The minimum atomic E-state index is -1.39. The van der Waals surface area contributed by atoms with Crippen molar-refractivity contribution in [1.29, 1.82) is 0 Å². The number of hydrogen-bond acceptors (Lipinski definition) is 12. The van der Waals surface area contributed by atoms with Gasteiger partial charge in [-0.2, -0.15) is 0 Å². The second-order valence-corrected chi connectivity index (χ2v) is 14.9. The second-order valence-electron chi connectivity index (χ2n) is 14.9. The summed E-state index contributed by atoms with van der Waals surface area (Å²) in [5.74, 6) is -8.49. The van der Waals surface area contributed by atoms with Crippen molar-refractivity contribution in [2.75, 3.05) is 72.0 Å². The molecule has 3 heterocycles. The first-order valence-corrected chi connectivity index (χ1v) is 20.0. The van der Waals surface area contributed by atoms with E-state index in [9.17, 15) is 57.5 Å². The maximum Gasteiger partial charge on any atom is 0.246 e. The van der Waals surface area contributed by atoms with Crippen molar-refractivity contribution in [2.24, 2.45) is 0 Å². The van der Waals surface area contributed by atoms with Gasteiger partial charge in [0, 0.05) is 19.6 Å². The topological polar surface area (TPSA) is 332 Å². The number of carbonyl (C=O) groups excluding carboxylic acids is 12. The predicted molar refractivity (Wildman–Crippen MR) is 205 cm³/mol. The molecule has 4 rings (SSSR count). The molecule has 1 spiro atoms. The maximum absolute atomic E-state index is 13.7. The number of fused-ring (bicyclic) bond motifs is 1. The van der Waals surface area contributed by atoms with Crippen molar-refractivity contribution in [1.82, 2.24) is 63.0 Å². The zero-order chi connectivity index (χ0) is 43.7. The van der Waals surface area contributed by atoms with E-state index in [0.717, 1.165) is 19.3 Å². The number of nitrogens with one attached hydrogen (secondary N) is 10. The molecule has 3 saturated heterocycles. The smallest absolute Gasteiger partial charge is 0.246 e. The van der Waals surface area contributed by atoms with Crippen LogP contribution in [0.3, 0.4) is 0 Å². The fourth-order valence-electron chi connectivity index (χ4n) is 7.14. The van der Waals surface area contributed by atoms with Crippen LogP contribution in [0.2, 0.25) is 0 Å². The molecule has 12 amide bonds. The SMILES string of the molecule is O=C1CNC(=O)CNC(=O)CNC(=O)CC(C(=O)N2CCCCC2)NC(=O)CNC(=O)C2(CCCC2)NC(=O)C2CCCN2C(=O)CNC(=O)CNC(=O)CNC(=O)CN1. The molecule has 4 fully saturated rings. The van der Waals surface area contributed by atoms with Gasteiger partial charge in [0.15, 0.2) is 0 Å². The van der Waals surface area contributed by atoms with E-state index in [0.29, 0.717) is 38.8 Å². The molecule has 0 aromatic heterocycles. The van der Waals surface area contributed by atoms with Crippen LogP contribution >= 0.6 is 0 Å². The third kappa shape index (κ3) is 14.5. The molecule has 0 radical (unpaired) electrons. The molecule has 1 aliphatic carbocycles. The summed E-state index contributed by atoms with van der Waals surface area (Å²) in [6, 6.07) is -2.30. The number of likely N-dealkylation sites (tertiary alicyclic amines) is 1. The summed E-state index contributed by atoms with van der Waals surface area (Å²) in [5.41, 5.74) is -1.39. The predicted octanol–water partition coefficient (Wildman–Crippen LogP) is -6.76. The Bertz CT molecular complexity index is 1690. The third-order valence-corrected chi connectivity index (χ3v) is 10.3. The normalized spacial score (nSPS) is 24.8. The van der Waals surface area contributed by atoms with Crippen molar-refractivity contribution < 1.29 is 57.5 Å². The van der Waals surface area contributed by atoms with Crippen LogP contribution in [0.4, 0.5) is 0 Å². The van der Waals surface area contributed by atoms with Crippen molar-refractivity contribution in [2.45, 2.75) is 81.8 Å². The lowest BCUT2D eigenvalue weighted by Crippen LogP contribution is -2.62. The lowest BCUT2D eigenvalue weighted by atomic mass is 9.95. The van der Waals surface area contributed by atoms with Crippen LogP contribution in [0.15, 0.2) is 0 Å². The molecule has 60 heavy (non-hydrogen) atoms. The number of rotatable bonds is 1. The lowest BCUT2D eigenvalue weighted by Gasteiger charge is -2.32. The molecule has 10 N–H and O–H groups in total. The zero-order valence-corrected chi connectivity index (χ0v) is 33.3. The Hall–Kier alpha value is -6.36. The summed E-state index contributed by atoms with van der Waals surface area (Å²) in [6.45, 7) is -3.45. The van der Waals surface area contributed by atoms with E-state index in [-0.39, 0.29) is 19.4 Å². The largest absolute Gasteiger partial charge is 0.347 e. The first-order valence-electron chi connectivity index (χ1n) is 20.0. The van der Waals surface area contributed by atoms with Gasteiger partial charge in [-0.3, -0.25) is 57.5 Å². The van der Waals surface area contributed by atoms with E-state index in [1.165, 1.54) is 9.80 Å². The van der Waals surface area contributed by atoms with Crippen molar-refractivity contribution in [3.05, 3.63) is 0 Å². The molecule has 0 aromatic rings. The summed E-state index contributed by atoms with van der Waals surface area (Å²) in [7, 11) is 0. The second kappa shape index (κ2) is 22.7. The van der Waals surface area contributed by atoms with E-state index in [1.54, 1.807) is 0 Å². The van der Waals surface area contributed by atoms with Crippen molar-refractivity contribution in [3.63, 3.8) is 0 Å². The lowest BCUT2D eigenvalue weighted by molar-refractivity contribution is -0.141. The molecule has 2 atom stereocenters. The number of amides is 12. The maximum atomic E-state index is 13.7. The molecule has 3 aliphatic heterocycles. The van der Waals surface area contributed by atoms with E-state index in [4.69, 9.17) is 0 Å². The van der Waals surface area contributed by atoms with Crippen LogP contribution in [0.5, 0.6) is 0 Å². The number of piperidine rings is 1. The highest BCUT2D eigenvalue weighted by Gasteiger charge is 2.45. The van der Waals surface area contributed by atoms with Gasteiger partial charge in [0.05, 0.1) is 58.8 Å². The van der Waals surface area contributed by atoms with Crippen LogP contribution in [-0.4, -0.2) is 170 Å². The Morgan fingerprint density at radius 2 is 0.933 bits per heavy atom. The average Bonchev–Trinajstić information content (AvgIpc) is 3.94. The number of nitrogens with zero attached hydrogens (tertiary/aromatic N) is 2. The third-order valence-electron chi connectivity index (χ3n) is 10.3. The highest BCUT2D eigenvalue weighted by atomic mass is 16.2. The molecule has 24 nitrogen and oxygen atoms in total. The molecular formula is C36H54N12O12. The first-order chi connectivity index (χ1) is 28.7. The van der Waals surface area contributed by atoms with E-state index in [2.05, 4.69) is 53.2 Å². The quantitative estimate of drug-likeness (QED) is 0.118.